The highest BCUT2D eigenvalue weighted by atomic mass is 16.5. The molecule has 1 saturated heterocycles. The van der Waals surface area contributed by atoms with Gasteiger partial charge in [0.15, 0.2) is 0 Å². The largest absolute Gasteiger partial charge is 0.497 e. The number of nitrogens with one attached hydrogen (secondary N) is 2. The van der Waals surface area contributed by atoms with E-state index in [2.05, 4.69) is 20.5 Å². The molecule has 150 valence electrons. The molecular formula is C21H28N4O3. The second kappa shape index (κ2) is 9.94. The van der Waals surface area contributed by atoms with Crippen molar-refractivity contribution in [2.75, 3.05) is 31.6 Å². The van der Waals surface area contributed by atoms with Crippen LogP contribution in [-0.4, -0.2) is 42.9 Å². The van der Waals surface area contributed by atoms with Crippen molar-refractivity contribution in [2.24, 2.45) is 0 Å². The molecule has 1 aromatic carbocycles. The molecule has 0 bridgehead atoms. The van der Waals surface area contributed by atoms with E-state index in [1.54, 1.807) is 37.6 Å². The number of piperidine rings is 1. The van der Waals surface area contributed by atoms with E-state index in [9.17, 15) is 9.90 Å². The molecular weight excluding hydrogens is 356 g/mol. The molecule has 1 aliphatic heterocycles. The number of carbonyl (C=O) groups is 1. The Balaban J connectivity index is 1.41. The smallest absolute Gasteiger partial charge is 0.315 e. The summed E-state index contributed by atoms with van der Waals surface area (Å²) in [5.74, 6) is 1.72. The van der Waals surface area contributed by atoms with Gasteiger partial charge < -0.3 is 25.4 Å². The first-order chi connectivity index (χ1) is 13.7. The van der Waals surface area contributed by atoms with E-state index in [1.807, 2.05) is 12.1 Å². The van der Waals surface area contributed by atoms with Crippen LogP contribution >= 0.6 is 0 Å². The predicted molar refractivity (Wildman–Crippen MR) is 108 cm³/mol. The molecule has 2 amide bonds. The van der Waals surface area contributed by atoms with E-state index in [0.717, 1.165) is 35.8 Å². The van der Waals surface area contributed by atoms with E-state index < -0.39 is 6.10 Å². The molecule has 1 atom stereocenters. The minimum absolute atomic E-state index is 0.129. The molecule has 2 heterocycles. The van der Waals surface area contributed by atoms with Crippen molar-refractivity contribution in [2.45, 2.75) is 31.9 Å². The summed E-state index contributed by atoms with van der Waals surface area (Å²) in [6.07, 6.45) is 4.75. The van der Waals surface area contributed by atoms with Crippen LogP contribution < -0.4 is 20.3 Å². The zero-order valence-electron chi connectivity index (χ0n) is 16.2. The third-order valence-electron chi connectivity index (χ3n) is 4.90. The Morgan fingerprint density at radius 2 is 1.89 bits per heavy atom. The zero-order valence-corrected chi connectivity index (χ0v) is 16.2. The molecule has 3 N–H and O–H groups in total. The minimum Gasteiger partial charge on any atom is -0.497 e. The van der Waals surface area contributed by atoms with Crippen LogP contribution in [0.3, 0.4) is 0 Å². The van der Waals surface area contributed by atoms with Crippen molar-refractivity contribution < 1.29 is 14.6 Å². The molecule has 0 spiro atoms. The van der Waals surface area contributed by atoms with Gasteiger partial charge in [0, 0.05) is 32.4 Å². The quantitative estimate of drug-likeness (QED) is 0.683. The summed E-state index contributed by atoms with van der Waals surface area (Å²) in [6, 6.07) is 10.8. The minimum atomic E-state index is -0.776. The van der Waals surface area contributed by atoms with Gasteiger partial charge in [-0.25, -0.2) is 9.78 Å². The van der Waals surface area contributed by atoms with Gasteiger partial charge in [0.05, 0.1) is 13.2 Å². The van der Waals surface area contributed by atoms with Gasteiger partial charge in [0.2, 0.25) is 0 Å². The second-order valence-corrected chi connectivity index (χ2v) is 6.92. The number of aliphatic hydroxyl groups excluding tert-OH is 1. The molecule has 1 unspecified atom stereocenters. The monoisotopic (exact) mass is 384 g/mol. The van der Waals surface area contributed by atoms with E-state index >= 15 is 0 Å². The first-order valence-corrected chi connectivity index (χ1v) is 9.69. The van der Waals surface area contributed by atoms with Crippen LogP contribution in [0.1, 0.15) is 36.5 Å². The first-order valence-electron chi connectivity index (χ1n) is 9.69. The van der Waals surface area contributed by atoms with Gasteiger partial charge >= 0.3 is 6.03 Å². The Bertz CT molecular complexity index is 743. The molecule has 1 fully saturated rings. The number of anilines is 1. The van der Waals surface area contributed by atoms with Gasteiger partial charge in [-0.1, -0.05) is 18.2 Å². The maximum absolute atomic E-state index is 12.0. The number of hydrogen-bond acceptors (Lipinski definition) is 5. The Hall–Kier alpha value is -2.80. The summed E-state index contributed by atoms with van der Waals surface area (Å²) in [5, 5.41) is 15.6. The summed E-state index contributed by atoms with van der Waals surface area (Å²) in [5.41, 5.74) is 1.66. The topological polar surface area (TPSA) is 86.7 Å². The number of rotatable bonds is 7. The van der Waals surface area contributed by atoms with Gasteiger partial charge in [-0.3, -0.25) is 0 Å². The third-order valence-corrected chi connectivity index (χ3v) is 4.90. The van der Waals surface area contributed by atoms with Crippen molar-refractivity contribution in [3.63, 3.8) is 0 Å². The van der Waals surface area contributed by atoms with Crippen LogP contribution in [0.2, 0.25) is 0 Å². The van der Waals surface area contributed by atoms with Crippen LogP contribution in [0.25, 0.3) is 0 Å². The van der Waals surface area contributed by atoms with Crippen LogP contribution in [-0.2, 0) is 6.54 Å². The lowest BCUT2D eigenvalue weighted by molar-refractivity contribution is 0.173. The Morgan fingerprint density at radius 1 is 1.14 bits per heavy atom. The fourth-order valence-corrected chi connectivity index (χ4v) is 3.21. The Morgan fingerprint density at radius 3 is 2.54 bits per heavy atom. The fourth-order valence-electron chi connectivity index (χ4n) is 3.21. The number of ether oxygens (including phenoxy) is 1. The number of carbonyl (C=O) groups excluding carboxylic acids is 1. The van der Waals surface area contributed by atoms with E-state index in [-0.39, 0.29) is 12.6 Å². The highest BCUT2D eigenvalue weighted by Crippen LogP contribution is 2.18. The summed E-state index contributed by atoms with van der Waals surface area (Å²) in [4.78, 5) is 18.8. The maximum Gasteiger partial charge on any atom is 0.315 e. The lowest BCUT2D eigenvalue weighted by Gasteiger charge is -2.27. The number of benzene rings is 1. The molecule has 0 saturated carbocycles. The van der Waals surface area contributed by atoms with Gasteiger partial charge in [0.1, 0.15) is 11.6 Å². The fraction of sp³-hybridized carbons (Fsp3) is 0.429. The number of methoxy groups -OCH3 is 1. The van der Waals surface area contributed by atoms with Crippen molar-refractivity contribution in [1.29, 1.82) is 0 Å². The van der Waals surface area contributed by atoms with Crippen molar-refractivity contribution >= 4 is 11.8 Å². The van der Waals surface area contributed by atoms with Crippen molar-refractivity contribution in [3.05, 3.63) is 53.7 Å². The molecule has 28 heavy (non-hydrogen) atoms. The standard InChI is InChI=1S/C21H28N4O3/c1-28-18-8-6-17(7-9-18)19(26)15-24-21(27)23-14-16-5-10-20(22-13-16)25-11-3-2-4-12-25/h5-10,13,19,26H,2-4,11-12,14-15H2,1H3,(H2,23,24,27). The Kier molecular flexibility index (Phi) is 7.08. The van der Waals surface area contributed by atoms with Gasteiger partial charge in [-0.2, -0.15) is 0 Å². The summed E-state index contributed by atoms with van der Waals surface area (Å²) in [6.45, 7) is 2.63. The summed E-state index contributed by atoms with van der Waals surface area (Å²) < 4.78 is 5.09. The number of urea groups is 1. The van der Waals surface area contributed by atoms with Crippen LogP contribution in [0, 0.1) is 0 Å². The number of nitrogens with zero attached hydrogens (tertiary/aromatic N) is 2. The average Bonchev–Trinajstić information content (AvgIpc) is 2.77. The third kappa shape index (κ3) is 5.60. The van der Waals surface area contributed by atoms with E-state index in [4.69, 9.17) is 4.74 Å². The molecule has 1 aliphatic rings. The van der Waals surface area contributed by atoms with E-state index in [1.165, 1.54) is 19.3 Å². The average molecular weight is 384 g/mol. The number of hydrogen-bond donors (Lipinski definition) is 3. The first kappa shape index (κ1) is 19.9. The number of aliphatic hydroxyl groups is 1. The van der Waals surface area contributed by atoms with Crippen molar-refractivity contribution in [3.8, 4) is 5.75 Å². The van der Waals surface area contributed by atoms with Crippen LogP contribution in [0.5, 0.6) is 5.75 Å². The molecule has 2 aromatic rings. The van der Waals surface area contributed by atoms with Gasteiger partial charge in [-0.15, -0.1) is 0 Å². The summed E-state index contributed by atoms with van der Waals surface area (Å²) in [7, 11) is 1.59. The highest BCUT2D eigenvalue weighted by Gasteiger charge is 2.12. The SMILES string of the molecule is COc1ccc(C(O)CNC(=O)NCc2ccc(N3CCCCC3)nc2)cc1. The molecule has 0 aliphatic carbocycles. The molecule has 3 rings (SSSR count). The molecule has 0 radical (unpaired) electrons. The maximum atomic E-state index is 12.0. The number of amides is 2. The molecule has 7 heteroatoms. The lowest BCUT2D eigenvalue weighted by Crippen LogP contribution is -2.37. The van der Waals surface area contributed by atoms with Crippen LogP contribution in [0.4, 0.5) is 10.6 Å². The Labute approximate surface area is 165 Å². The molecule has 1 aromatic heterocycles. The lowest BCUT2D eigenvalue weighted by atomic mass is 10.1. The van der Waals surface area contributed by atoms with E-state index in [0.29, 0.717) is 6.54 Å². The number of pyridine rings is 1. The highest BCUT2D eigenvalue weighted by molar-refractivity contribution is 5.73. The van der Waals surface area contributed by atoms with Gasteiger partial charge in [0.25, 0.3) is 0 Å². The van der Waals surface area contributed by atoms with Crippen molar-refractivity contribution in [1.82, 2.24) is 15.6 Å². The zero-order chi connectivity index (χ0) is 19.8. The second-order valence-electron chi connectivity index (χ2n) is 6.92. The summed E-state index contributed by atoms with van der Waals surface area (Å²) >= 11 is 0. The number of aromatic nitrogens is 1. The van der Waals surface area contributed by atoms with Gasteiger partial charge in [-0.05, 0) is 48.6 Å². The predicted octanol–water partition coefficient (Wildman–Crippen LogP) is 2.61. The normalized spacial score (nSPS) is 15.0. The van der Waals surface area contributed by atoms with Crippen LogP contribution in [0.15, 0.2) is 42.6 Å². The molecule has 7 nitrogen and oxygen atoms in total.